The largest absolute Gasteiger partial charge is 0.392 e. The van der Waals surface area contributed by atoms with Crippen molar-refractivity contribution in [2.45, 2.75) is 24.3 Å². The van der Waals surface area contributed by atoms with Crippen molar-refractivity contribution in [1.29, 1.82) is 0 Å². The third kappa shape index (κ3) is 3.80. The van der Waals surface area contributed by atoms with Gasteiger partial charge in [0, 0.05) is 28.1 Å². The van der Waals surface area contributed by atoms with E-state index in [0.29, 0.717) is 17.1 Å². The zero-order chi connectivity index (χ0) is 13.0. The van der Waals surface area contributed by atoms with Crippen molar-refractivity contribution in [1.82, 2.24) is 4.98 Å². The van der Waals surface area contributed by atoms with E-state index in [1.54, 1.807) is 29.5 Å². The average Bonchev–Trinajstić information content (AvgIpc) is 2.74. The molecule has 2 nitrogen and oxygen atoms in total. The van der Waals surface area contributed by atoms with Gasteiger partial charge in [0.05, 0.1) is 11.1 Å². The summed E-state index contributed by atoms with van der Waals surface area (Å²) in [6.45, 7) is 1.93. The Kier molecular flexibility index (Phi) is 4.74. The molecular formula is C13H14FNOS2. The van der Waals surface area contributed by atoms with Gasteiger partial charge in [0.15, 0.2) is 0 Å². The first-order chi connectivity index (χ1) is 8.65. The van der Waals surface area contributed by atoms with Crippen molar-refractivity contribution in [3.05, 3.63) is 46.2 Å². The van der Waals surface area contributed by atoms with E-state index in [4.69, 9.17) is 0 Å². The first-order valence-electron chi connectivity index (χ1n) is 5.61. The summed E-state index contributed by atoms with van der Waals surface area (Å²) in [7, 11) is 0. The molecule has 1 unspecified atom stereocenters. The predicted molar refractivity (Wildman–Crippen MR) is 73.7 cm³/mol. The summed E-state index contributed by atoms with van der Waals surface area (Å²) in [4.78, 5) is 4.87. The van der Waals surface area contributed by atoms with Crippen LogP contribution in [0.4, 0.5) is 4.39 Å². The lowest BCUT2D eigenvalue weighted by molar-refractivity contribution is 0.200. The van der Waals surface area contributed by atoms with Crippen molar-refractivity contribution in [3.8, 4) is 0 Å². The topological polar surface area (TPSA) is 33.1 Å². The van der Waals surface area contributed by atoms with Crippen LogP contribution in [-0.4, -0.2) is 21.9 Å². The molecule has 1 N–H and O–H groups in total. The number of rotatable bonds is 5. The van der Waals surface area contributed by atoms with E-state index in [9.17, 15) is 9.50 Å². The Morgan fingerprint density at radius 2 is 2.22 bits per heavy atom. The lowest BCUT2D eigenvalue weighted by atomic mass is 10.3. The van der Waals surface area contributed by atoms with E-state index < -0.39 is 6.10 Å². The van der Waals surface area contributed by atoms with Crippen LogP contribution in [0.3, 0.4) is 0 Å². The van der Waals surface area contributed by atoms with Crippen LogP contribution in [0, 0.1) is 12.7 Å². The van der Waals surface area contributed by atoms with E-state index in [2.05, 4.69) is 4.98 Å². The molecule has 0 fully saturated rings. The maximum absolute atomic E-state index is 13.4. The summed E-state index contributed by atoms with van der Waals surface area (Å²) >= 11 is 2.88. The molecule has 18 heavy (non-hydrogen) atoms. The fourth-order valence-electron chi connectivity index (χ4n) is 1.50. The highest BCUT2D eigenvalue weighted by atomic mass is 32.2. The second-order valence-electron chi connectivity index (χ2n) is 3.98. The number of thioether (sulfide) groups is 1. The summed E-state index contributed by atoms with van der Waals surface area (Å²) in [6, 6.07) is 6.61. The predicted octanol–water partition coefficient (Wildman–Crippen LogP) is 3.29. The minimum Gasteiger partial charge on any atom is -0.392 e. The average molecular weight is 283 g/mol. The summed E-state index contributed by atoms with van der Waals surface area (Å²) in [5.74, 6) is 0.235. The monoisotopic (exact) mass is 283 g/mol. The Morgan fingerprint density at radius 3 is 2.89 bits per heavy atom. The number of aryl methyl sites for hydroxylation is 1. The lowest BCUT2D eigenvalue weighted by Crippen LogP contribution is -2.13. The second kappa shape index (κ2) is 6.31. The van der Waals surface area contributed by atoms with Crippen molar-refractivity contribution in [2.24, 2.45) is 0 Å². The number of halogens is 1. The first-order valence-corrected chi connectivity index (χ1v) is 7.48. The summed E-state index contributed by atoms with van der Waals surface area (Å²) in [6.07, 6.45) is 0.0279. The number of thiazole rings is 1. The Labute approximate surface area is 114 Å². The van der Waals surface area contributed by atoms with Crippen LogP contribution in [0.5, 0.6) is 0 Å². The smallest absolute Gasteiger partial charge is 0.136 e. The Balaban J connectivity index is 1.85. The third-order valence-corrected chi connectivity index (χ3v) is 4.53. The molecule has 1 heterocycles. The minimum absolute atomic E-state index is 0.236. The molecule has 2 aromatic rings. The molecule has 1 aromatic carbocycles. The molecule has 2 rings (SSSR count). The van der Waals surface area contributed by atoms with E-state index in [1.807, 2.05) is 12.3 Å². The maximum Gasteiger partial charge on any atom is 0.136 e. The number of aromatic nitrogens is 1. The van der Waals surface area contributed by atoms with Crippen LogP contribution in [0.15, 0.2) is 34.5 Å². The van der Waals surface area contributed by atoms with Gasteiger partial charge in [0.1, 0.15) is 5.82 Å². The van der Waals surface area contributed by atoms with Crippen LogP contribution in [0.25, 0.3) is 0 Å². The van der Waals surface area contributed by atoms with Crippen molar-refractivity contribution < 1.29 is 9.50 Å². The van der Waals surface area contributed by atoms with E-state index in [0.717, 1.165) is 10.7 Å². The van der Waals surface area contributed by atoms with Gasteiger partial charge in [-0.2, -0.15) is 0 Å². The van der Waals surface area contributed by atoms with E-state index in [-0.39, 0.29) is 5.82 Å². The van der Waals surface area contributed by atoms with Gasteiger partial charge in [-0.25, -0.2) is 9.37 Å². The fraction of sp³-hybridized carbons (Fsp3) is 0.308. The molecule has 0 bridgehead atoms. The molecule has 5 heteroatoms. The molecule has 0 radical (unpaired) electrons. The first kappa shape index (κ1) is 13.5. The van der Waals surface area contributed by atoms with Crippen molar-refractivity contribution in [2.75, 3.05) is 5.75 Å². The maximum atomic E-state index is 13.4. The minimum atomic E-state index is -0.500. The highest BCUT2D eigenvalue weighted by molar-refractivity contribution is 7.99. The third-order valence-electron chi connectivity index (χ3n) is 2.34. The van der Waals surface area contributed by atoms with Gasteiger partial charge in [-0.3, -0.25) is 0 Å². The molecule has 0 saturated heterocycles. The fourth-order valence-corrected chi connectivity index (χ4v) is 3.22. The molecule has 0 amide bonds. The van der Waals surface area contributed by atoms with Gasteiger partial charge in [0.2, 0.25) is 0 Å². The number of hydrogen-bond donors (Lipinski definition) is 1. The SMILES string of the molecule is Cc1csc(CC(O)CSc2ccccc2F)n1. The zero-order valence-electron chi connectivity index (χ0n) is 9.97. The Hall–Kier alpha value is -0.910. The van der Waals surface area contributed by atoms with Gasteiger partial charge in [-0.15, -0.1) is 23.1 Å². The number of benzene rings is 1. The second-order valence-corrected chi connectivity index (χ2v) is 5.99. The summed E-state index contributed by atoms with van der Waals surface area (Å²) in [5, 5.41) is 12.8. The molecule has 0 aliphatic rings. The lowest BCUT2D eigenvalue weighted by Gasteiger charge is -2.08. The van der Waals surface area contributed by atoms with Crippen LogP contribution in [0.2, 0.25) is 0 Å². The molecule has 0 aliphatic carbocycles. The highest BCUT2D eigenvalue weighted by Crippen LogP contribution is 2.23. The summed E-state index contributed by atoms with van der Waals surface area (Å²) in [5.41, 5.74) is 0.976. The number of nitrogens with zero attached hydrogens (tertiary/aromatic N) is 1. The molecule has 96 valence electrons. The Bertz CT molecular complexity index is 515. The van der Waals surface area contributed by atoms with Gasteiger partial charge >= 0.3 is 0 Å². The molecule has 0 spiro atoms. The summed E-state index contributed by atoms with van der Waals surface area (Å²) < 4.78 is 13.4. The van der Waals surface area contributed by atoms with Crippen LogP contribution >= 0.6 is 23.1 Å². The number of aliphatic hydroxyl groups excluding tert-OH is 1. The highest BCUT2D eigenvalue weighted by Gasteiger charge is 2.10. The number of hydrogen-bond acceptors (Lipinski definition) is 4. The quantitative estimate of drug-likeness (QED) is 0.855. The van der Waals surface area contributed by atoms with Crippen molar-refractivity contribution in [3.63, 3.8) is 0 Å². The van der Waals surface area contributed by atoms with E-state index >= 15 is 0 Å². The van der Waals surface area contributed by atoms with Crippen LogP contribution < -0.4 is 0 Å². The van der Waals surface area contributed by atoms with Crippen molar-refractivity contribution >= 4 is 23.1 Å². The molecule has 1 aromatic heterocycles. The molecule has 1 atom stereocenters. The van der Waals surface area contributed by atoms with Gasteiger partial charge in [-0.1, -0.05) is 12.1 Å². The van der Waals surface area contributed by atoms with E-state index in [1.165, 1.54) is 17.8 Å². The zero-order valence-corrected chi connectivity index (χ0v) is 11.6. The number of aliphatic hydroxyl groups is 1. The van der Waals surface area contributed by atoms with Crippen LogP contribution in [0.1, 0.15) is 10.7 Å². The van der Waals surface area contributed by atoms with Gasteiger partial charge in [-0.05, 0) is 19.1 Å². The van der Waals surface area contributed by atoms with Crippen LogP contribution in [-0.2, 0) is 6.42 Å². The molecule has 0 aliphatic heterocycles. The molecular weight excluding hydrogens is 269 g/mol. The standard InChI is InChI=1S/C13H14FNOS2/c1-9-7-18-13(15-9)6-10(16)8-17-12-5-3-2-4-11(12)14/h2-5,7,10,16H,6,8H2,1H3. The van der Waals surface area contributed by atoms with Gasteiger partial charge < -0.3 is 5.11 Å². The van der Waals surface area contributed by atoms with Gasteiger partial charge in [0.25, 0.3) is 0 Å². The Morgan fingerprint density at radius 1 is 1.44 bits per heavy atom. The molecule has 0 saturated carbocycles. The normalized spacial score (nSPS) is 12.6.